The van der Waals surface area contributed by atoms with Gasteiger partial charge in [0.15, 0.2) is 29.6 Å². The molecule has 0 bridgehead atoms. The van der Waals surface area contributed by atoms with Crippen molar-refractivity contribution >= 4 is 17.4 Å². The number of esters is 1. The number of halogens is 1. The Morgan fingerprint density at radius 1 is 1.32 bits per heavy atom. The van der Waals surface area contributed by atoms with Gasteiger partial charge in [-0.1, -0.05) is 0 Å². The van der Waals surface area contributed by atoms with Gasteiger partial charge < -0.3 is 9.47 Å². The Hall–Kier alpha value is -3.29. The molecule has 0 aliphatic heterocycles. The van der Waals surface area contributed by atoms with Gasteiger partial charge in [0.1, 0.15) is 5.56 Å². The van der Waals surface area contributed by atoms with Crippen molar-refractivity contribution in [3.63, 3.8) is 0 Å². The Morgan fingerprint density at radius 3 is 2.84 bits per heavy atom. The number of hydrogen-bond donors (Lipinski definition) is 0. The second kappa shape index (κ2) is 6.68. The molecule has 0 unspecified atom stereocenters. The summed E-state index contributed by atoms with van der Waals surface area (Å²) in [5.41, 5.74) is 1.05. The van der Waals surface area contributed by atoms with E-state index in [0.29, 0.717) is 11.3 Å². The highest BCUT2D eigenvalue weighted by Gasteiger charge is 2.21. The number of benzene rings is 1. The number of aromatic nitrogens is 3. The zero-order valence-electron chi connectivity index (χ0n) is 13.5. The fourth-order valence-corrected chi connectivity index (χ4v) is 2.36. The maximum absolute atomic E-state index is 13.7. The molecule has 25 heavy (non-hydrogen) atoms. The minimum absolute atomic E-state index is 0.0293. The number of carbonyl (C=O) groups excluding carboxylic acids is 2. The van der Waals surface area contributed by atoms with E-state index in [4.69, 9.17) is 9.47 Å². The number of nitrogens with zero attached hydrogens (tertiary/aromatic N) is 3. The van der Waals surface area contributed by atoms with Crippen molar-refractivity contribution in [2.24, 2.45) is 0 Å². The lowest BCUT2D eigenvalue weighted by molar-refractivity contribution is 0.0475. The summed E-state index contributed by atoms with van der Waals surface area (Å²) in [5.74, 6) is -1.88. The highest BCUT2D eigenvalue weighted by Crippen LogP contribution is 2.18. The van der Waals surface area contributed by atoms with E-state index in [1.54, 1.807) is 19.2 Å². The van der Waals surface area contributed by atoms with Crippen LogP contribution in [0.25, 0.3) is 5.65 Å². The van der Waals surface area contributed by atoms with Crippen molar-refractivity contribution in [1.29, 1.82) is 0 Å². The average molecular weight is 343 g/mol. The molecule has 0 spiro atoms. The molecule has 2 heterocycles. The number of ketones is 1. The third-order valence-electron chi connectivity index (χ3n) is 3.58. The first-order valence-corrected chi connectivity index (χ1v) is 7.35. The van der Waals surface area contributed by atoms with E-state index in [1.165, 1.54) is 30.0 Å². The molecule has 3 rings (SSSR count). The molecule has 3 aromatic rings. The van der Waals surface area contributed by atoms with Crippen LogP contribution in [0.15, 0.2) is 36.7 Å². The number of rotatable bonds is 5. The summed E-state index contributed by atoms with van der Waals surface area (Å²) in [4.78, 5) is 28.5. The van der Waals surface area contributed by atoms with E-state index in [2.05, 4.69) is 10.1 Å². The van der Waals surface area contributed by atoms with Crippen LogP contribution < -0.4 is 4.74 Å². The minimum Gasteiger partial charge on any atom is -0.494 e. The lowest BCUT2D eigenvalue weighted by Crippen LogP contribution is -2.15. The van der Waals surface area contributed by atoms with Crippen LogP contribution in [0.4, 0.5) is 4.39 Å². The van der Waals surface area contributed by atoms with Crippen LogP contribution >= 0.6 is 0 Å². The summed E-state index contributed by atoms with van der Waals surface area (Å²) >= 11 is 0. The lowest BCUT2D eigenvalue weighted by atomic mass is 10.1. The minimum atomic E-state index is -0.714. The number of aryl methyl sites for hydroxylation is 1. The van der Waals surface area contributed by atoms with Gasteiger partial charge in [0.25, 0.3) is 0 Å². The molecule has 2 aromatic heterocycles. The highest BCUT2D eigenvalue weighted by atomic mass is 19.1. The molecule has 0 aliphatic carbocycles. The van der Waals surface area contributed by atoms with Gasteiger partial charge in [0.05, 0.1) is 12.8 Å². The second-order valence-electron chi connectivity index (χ2n) is 5.20. The maximum atomic E-state index is 13.7. The maximum Gasteiger partial charge on any atom is 0.344 e. The number of ether oxygens (including phenoxy) is 2. The number of methoxy groups -OCH3 is 1. The summed E-state index contributed by atoms with van der Waals surface area (Å²) < 4.78 is 25.0. The summed E-state index contributed by atoms with van der Waals surface area (Å²) in [5, 5.41) is 4.16. The first-order valence-electron chi connectivity index (χ1n) is 7.35. The van der Waals surface area contributed by atoms with Crippen molar-refractivity contribution in [2.45, 2.75) is 6.92 Å². The van der Waals surface area contributed by atoms with Gasteiger partial charge in [-0.25, -0.2) is 18.7 Å². The number of fused-ring (bicyclic) bond motifs is 1. The fraction of sp³-hybridized carbons (Fsp3) is 0.176. The Kier molecular flexibility index (Phi) is 4.42. The number of hydrogen-bond acceptors (Lipinski definition) is 6. The van der Waals surface area contributed by atoms with Gasteiger partial charge in [-0.05, 0) is 31.2 Å². The van der Waals surface area contributed by atoms with Crippen LogP contribution in [0.1, 0.15) is 26.4 Å². The average Bonchev–Trinajstić information content (AvgIpc) is 2.95. The molecule has 0 amide bonds. The fourth-order valence-electron chi connectivity index (χ4n) is 2.36. The lowest BCUT2D eigenvalue weighted by Gasteiger charge is -2.06. The summed E-state index contributed by atoms with van der Waals surface area (Å²) in [6.07, 6.45) is 3.18. The van der Waals surface area contributed by atoms with Gasteiger partial charge in [0.2, 0.25) is 0 Å². The first kappa shape index (κ1) is 16.6. The Morgan fingerprint density at radius 2 is 2.12 bits per heavy atom. The first-order chi connectivity index (χ1) is 12.0. The van der Waals surface area contributed by atoms with Crippen molar-refractivity contribution in [2.75, 3.05) is 13.7 Å². The third kappa shape index (κ3) is 3.18. The summed E-state index contributed by atoms with van der Waals surface area (Å²) in [7, 11) is 1.33. The third-order valence-corrected chi connectivity index (χ3v) is 3.58. The van der Waals surface area contributed by atoms with Gasteiger partial charge in [-0.2, -0.15) is 5.10 Å². The van der Waals surface area contributed by atoms with Crippen LogP contribution in [0.2, 0.25) is 0 Å². The molecule has 8 heteroatoms. The van der Waals surface area contributed by atoms with Gasteiger partial charge in [-0.3, -0.25) is 4.79 Å². The molecule has 0 radical (unpaired) electrons. The smallest absolute Gasteiger partial charge is 0.344 e. The zero-order valence-corrected chi connectivity index (χ0v) is 13.5. The summed E-state index contributed by atoms with van der Waals surface area (Å²) in [6, 6.07) is 5.46. The second-order valence-corrected chi connectivity index (χ2v) is 5.20. The van der Waals surface area contributed by atoms with Crippen molar-refractivity contribution in [3.05, 3.63) is 59.3 Å². The van der Waals surface area contributed by atoms with Gasteiger partial charge >= 0.3 is 5.97 Å². The number of carbonyl (C=O) groups is 2. The highest BCUT2D eigenvalue weighted by molar-refractivity contribution is 6.01. The molecule has 0 aliphatic rings. The molecular weight excluding hydrogens is 329 g/mol. The molecule has 0 saturated heterocycles. The van der Waals surface area contributed by atoms with Gasteiger partial charge in [0, 0.05) is 18.0 Å². The predicted molar refractivity (Wildman–Crippen MR) is 85.3 cm³/mol. The molecule has 128 valence electrons. The van der Waals surface area contributed by atoms with Crippen LogP contribution in [-0.4, -0.2) is 40.1 Å². The Bertz CT molecular complexity index is 968. The largest absolute Gasteiger partial charge is 0.494 e. The van der Waals surface area contributed by atoms with Crippen LogP contribution in [0, 0.1) is 12.7 Å². The molecule has 0 fully saturated rings. The Balaban J connectivity index is 1.74. The predicted octanol–water partition coefficient (Wildman–Crippen LogP) is 2.23. The van der Waals surface area contributed by atoms with Crippen LogP contribution in [-0.2, 0) is 4.74 Å². The van der Waals surface area contributed by atoms with Crippen LogP contribution in [0.3, 0.4) is 0 Å². The Labute approximate surface area is 142 Å². The molecule has 7 nitrogen and oxygen atoms in total. The topological polar surface area (TPSA) is 82.8 Å². The van der Waals surface area contributed by atoms with E-state index in [0.717, 1.165) is 6.07 Å². The van der Waals surface area contributed by atoms with Crippen molar-refractivity contribution < 1.29 is 23.5 Å². The van der Waals surface area contributed by atoms with Crippen LogP contribution in [0.5, 0.6) is 5.75 Å². The van der Waals surface area contributed by atoms with E-state index in [1.807, 2.05) is 0 Å². The number of Topliss-reactive ketones (excluding diaryl/α,β-unsaturated/α-hetero) is 1. The quantitative estimate of drug-likeness (QED) is 0.522. The van der Waals surface area contributed by atoms with Gasteiger partial charge in [-0.15, -0.1) is 0 Å². The van der Waals surface area contributed by atoms with Crippen molar-refractivity contribution in [1.82, 2.24) is 14.6 Å². The summed E-state index contributed by atoms with van der Waals surface area (Å²) in [6.45, 7) is 1.13. The molecule has 1 aromatic carbocycles. The molecule has 0 N–H and O–H groups in total. The van der Waals surface area contributed by atoms with E-state index >= 15 is 0 Å². The SMILES string of the molecule is COc1ccc(C(=O)COC(=O)c2c(C)nn3cccnc23)cc1F. The van der Waals surface area contributed by atoms with Crippen molar-refractivity contribution in [3.8, 4) is 5.75 Å². The molecule has 0 atom stereocenters. The monoisotopic (exact) mass is 343 g/mol. The standard InChI is InChI=1S/C17H14FN3O4/c1-10-15(16-19-6-3-7-21(16)20-10)17(23)25-9-13(22)11-4-5-14(24-2)12(18)8-11/h3-8H,9H2,1-2H3. The normalized spacial score (nSPS) is 10.7. The molecule has 0 saturated carbocycles. The van der Waals surface area contributed by atoms with E-state index < -0.39 is 24.2 Å². The van der Waals surface area contributed by atoms with E-state index in [9.17, 15) is 14.0 Å². The molecular formula is C17H14FN3O4. The van der Waals surface area contributed by atoms with E-state index in [-0.39, 0.29) is 16.9 Å². The zero-order chi connectivity index (χ0) is 18.0.